The van der Waals surface area contributed by atoms with E-state index in [2.05, 4.69) is 10.0 Å². The number of thiophene rings is 1. The van der Waals surface area contributed by atoms with Crippen LogP contribution >= 0.6 is 22.9 Å². The van der Waals surface area contributed by atoms with Crippen molar-refractivity contribution in [3.63, 3.8) is 0 Å². The minimum atomic E-state index is -3.89. The summed E-state index contributed by atoms with van der Waals surface area (Å²) in [6.07, 6.45) is -1.36. The lowest BCUT2D eigenvalue weighted by Crippen LogP contribution is -2.30. The number of phenols is 1. The zero-order valence-electron chi connectivity index (χ0n) is 17.2. The van der Waals surface area contributed by atoms with Gasteiger partial charge in [-0.2, -0.15) is 0 Å². The van der Waals surface area contributed by atoms with Crippen LogP contribution in [0.15, 0.2) is 58.1 Å². The lowest BCUT2D eigenvalue weighted by molar-refractivity contribution is -0.384. The maximum atomic E-state index is 12.5. The molecule has 1 unspecified atom stereocenters. The fourth-order valence-corrected chi connectivity index (χ4v) is 4.88. The predicted octanol–water partition coefficient (Wildman–Crippen LogP) is 4.00. The molecular formula is C20H16ClN3O8S2. The number of phenolic OH excluding ortho intramolecular Hbond substituents is 1. The van der Waals surface area contributed by atoms with Gasteiger partial charge in [0.2, 0.25) is 0 Å². The average Bonchev–Trinajstić information content (AvgIpc) is 3.32. The first-order valence-corrected chi connectivity index (χ1v) is 12.1. The summed E-state index contributed by atoms with van der Waals surface area (Å²) < 4.78 is 32.2. The number of hydrogen-bond acceptors (Lipinski definition) is 9. The molecule has 2 aromatic carbocycles. The number of benzene rings is 2. The average molecular weight is 526 g/mol. The van der Waals surface area contributed by atoms with Crippen LogP contribution in [-0.4, -0.2) is 36.4 Å². The van der Waals surface area contributed by atoms with Crippen LogP contribution in [0.2, 0.25) is 5.02 Å². The highest BCUT2D eigenvalue weighted by atomic mass is 35.5. The highest BCUT2D eigenvalue weighted by Crippen LogP contribution is 2.28. The van der Waals surface area contributed by atoms with E-state index < -0.39 is 38.7 Å². The molecule has 0 bridgehead atoms. The molecule has 3 rings (SSSR count). The number of nitro benzene ring substituents is 1. The Balaban J connectivity index is 1.70. The van der Waals surface area contributed by atoms with Crippen molar-refractivity contribution < 1.29 is 32.8 Å². The van der Waals surface area contributed by atoms with E-state index in [1.165, 1.54) is 25.1 Å². The van der Waals surface area contributed by atoms with Gasteiger partial charge in [-0.1, -0.05) is 17.7 Å². The van der Waals surface area contributed by atoms with Gasteiger partial charge in [-0.3, -0.25) is 19.6 Å². The molecule has 1 aromatic heterocycles. The number of nitrogens with zero attached hydrogens (tertiary/aromatic N) is 1. The molecule has 0 radical (unpaired) electrons. The van der Waals surface area contributed by atoms with Gasteiger partial charge in [0, 0.05) is 17.8 Å². The van der Waals surface area contributed by atoms with Gasteiger partial charge in [-0.15, -0.1) is 11.3 Å². The van der Waals surface area contributed by atoms with Crippen molar-refractivity contribution in [2.45, 2.75) is 17.2 Å². The summed E-state index contributed by atoms with van der Waals surface area (Å²) in [6.45, 7) is 1.26. The second kappa shape index (κ2) is 10.1. The summed E-state index contributed by atoms with van der Waals surface area (Å²) in [4.78, 5) is 35.0. The Kier molecular flexibility index (Phi) is 7.39. The molecule has 3 aromatic rings. The molecule has 0 fully saturated rings. The topological polar surface area (TPSA) is 165 Å². The van der Waals surface area contributed by atoms with Crippen LogP contribution in [0.1, 0.15) is 17.3 Å². The highest BCUT2D eigenvalue weighted by molar-refractivity contribution is 7.94. The normalized spacial score (nSPS) is 11.9. The van der Waals surface area contributed by atoms with E-state index in [0.717, 1.165) is 35.6 Å². The monoisotopic (exact) mass is 525 g/mol. The molecule has 1 amide bonds. The fourth-order valence-electron chi connectivity index (χ4n) is 2.62. The largest absolute Gasteiger partial charge is 0.507 e. The zero-order valence-corrected chi connectivity index (χ0v) is 19.6. The molecule has 1 atom stereocenters. The molecule has 34 heavy (non-hydrogen) atoms. The first kappa shape index (κ1) is 25.0. The van der Waals surface area contributed by atoms with Crippen molar-refractivity contribution in [2.24, 2.45) is 0 Å². The third-order valence-electron chi connectivity index (χ3n) is 4.30. The molecule has 14 heteroatoms. The molecule has 0 saturated heterocycles. The molecule has 0 aliphatic heterocycles. The number of sulfonamides is 1. The molecule has 11 nitrogen and oxygen atoms in total. The van der Waals surface area contributed by atoms with Crippen molar-refractivity contribution in [3.05, 3.63) is 74.6 Å². The molecular weight excluding hydrogens is 510 g/mol. The van der Waals surface area contributed by atoms with E-state index >= 15 is 0 Å². The van der Waals surface area contributed by atoms with Gasteiger partial charge in [0.25, 0.3) is 21.6 Å². The van der Waals surface area contributed by atoms with E-state index in [0.29, 0.717) is 0 Å². The van der Waals surface area contributed by atoms with Gasteiger partial charge in [-0.05, 0) is 42.6 Å². The predicted molar refractivity (Wildman–Crippen MR) is 125 cm³/mol. The maximum Gasteiger partial charge on any atom is 0.342 e. The number of rotatable bonds is 8. The Morgan fingerprint density at radius 1 is 1.21 bits per heavy atom. The number of hydrogen-bond donors (Lipinski definition) is 3. The standard InChI is InChI=1S/C20H16ClN3O8S2/c1-11(19(26)22-16-6-5-13(24(28)29)10-15(16)21)32-20(27)14-9-12(4-7-17(14)25)23-34(30,31)18-3-2-8-33-18/h2-11,23,25H,1H3,(H,22,26). The summed E-state index contributed by atoms with van der Waals surface area (Å²) in [5.41, 5.74) is -0.590. The number of amides is 1. The summed E-state index contributed by atoms with van der Waals surface area (Å²) in [5.74, 6) is -2.37. The Labute approximate surface area is 202 Å². The lowest BCUT2D eigenvalue weighted by Gasteiger charge is -2.15. The van der Waals surface area contributed by atoms with Gasteiger partial charge in [-0.25, -0.2) is 13.2 Å². The number of anilines is 2. The number of esters is 1. The number of halogens is 1. The van der Waals surface area contributed by atoms with Crippen LogP contribution in [-0.2, 0) is 19.6 Å². The van der Waals surface area contributed by atoms with Crippen LogP contribution < -0.4 is 10.0 Å². The number of ether oxygens (including phenoxy) is 1. The first-order chi connectivity index (χ1) is 16.0. The van der Waals surface area contributed by atoms with Crippen molar-refractivity contribution >= 4 is 61.9 Å². The SMILES string of the molecule is CC(OC(=O)c1cc(NS(=O)(=O)c2cccs2)ccc1O)C(=O)Nc1ccc([N+](=O)[O-])cc1Cl. The maximum absolute atomic E-state index is 12.5. The smallest absolute Gasteiger partial charge is 0.342 e. The van der Waals surface area contributed by atoms with Crippen molar-refractivity contribution in [1.29, 1.82) is 0 Å². The van der Waals surface area contributed by atoms with Gasteiger partial charge in [0.05, 0.1) is 15.6 Å². The molecule has 178 valence electrons. The van der Waals surface area contributed by atoms with Crippen molar-refractivity contribution in [3.8, 4) is 5.75 Å². The quantitative estimate of drug-likeness (QED) is 0.172. The number of nitro groups is 1. The number of aromatic hydroxyl groups is 1. The van der Waals surface area contributed by atoms with E-state index in [-0.39, 0.29) is 31.9 Å². The third-order valence-corrected chi connectivity index (χ3v) is 7.39. The highest BCUT2D eigenvalue weighted by Gasteiger charge is 2.23. The summed E-state index contributed by atoms with van der Waals surface area (Å²) in [7, 11) is -3.89. The number of carbonyl (C=O) groups excluding carboxylic acids is 2. The minimum Gasteiger partial charge on any atom is -0.507 e. The van der Waals surface area contributed by atoms with Gasteiger partial charge in [0.15, 0.2) is 6.10 Å². The van der Waals surface area contributed by atoms with Crippen molar-refractivity contribution in [1.82, 2.24) is 0 Å². The molecule has 0 aliphatic rings. The second-order valence-corrected chi connectivity index (χ2v) is 9.99. The van der Waals surface area contributed by atoms with E-state index in [4.69, 9.17) is 16.3 Å². The van der Waals surface area contributed by atoms with Crippen LogP contribution in [0.25, 0.3) is 0 Å². The van der Waals surface area contributed by atoms with Gasteiger partial charge >= 0.3 is 5.97 Å². The Bertz CT molecular complexity index is 1360. The lowest BCUT2D eigenvalue weighted by atomic mass is 10.2. The Morgan fingerprint density at radius 3 is 2.56 bits per heavy atom. The van der Waals surface area contributed by atoms with Crippen LogP contribution in [0, 0.1) is 10.1 Å². The van der Waals surface area contributed by atoms with Gasteiger partial charge in [0.1, 0.15) is 15.5 Å². The van der Waals surface area contributed by atoms with Gasteiger partial charge < -0.3 is 15.2 Å². The third kappa shape index (κ3) is 5.81. The minimum absolute atomic E-state index is 0.00656. The van der Waals surface area contributed by atoms with Crippen LogP contribution in [0.4, 0.5) is 17.1 Å². The number of nitrogens with one attached hydrogen (secondary N) is 2. The van der Waals surface area contributed by atoms with E-state index in [1.807, 2.05) is 0 Å². The van der Waals surface area contributed by atoms with E-state index in [1.54, 1.807) is 11.4 Å². The van der Waals surface area contributed by atoms with Crippen molar-refractivity contribution in [2.75, 3.05) is 10.0 Å². The number of non-ortho nitro benzene ring substituents is 1. The molecule has 1 heterocycles. The Hall–Kier alpha value is -3.68. The second-order valence-electron chi connectivity index (χ2n) is 6.73. The molecule has 0 saturated carbocycles. The molecule has 3 N–H and O–H groups in total. The van der Waals surface area contributed by atoms with Crippen LogP contribution in [0.3, 0.4) is 0 Å². The first-order valence-electron chi connectivity index (χ1n) is 9.33. The summed E-state index contributed by atoms with van der Waals surface area (Å²) in [6, 6.07) is 9.81. The molecule has 0 aliphatic carbocycles. The summed E-state index contributed by atoms with van der Waals surface area (Å²) in [5, 5.41) is 24.7. The van der Waals surface area contributed by atoms with Crippen LogP contribution in [0.5, 0.6) is 5.75 Å². The Morgan fingerprint density at radius 2 is 1.94 bits per heavy atom. The van der Waals surface area contributed by atoms with E-state index in [9.17, 15) is 33.2 Å². The zero-order chi connectivity index (χ0) is 25.0. The fraction of sp³-hybridized carbons (Fsp3) is 0.100. The molecule has 0 spiro atoms. The number of carbonyl (C=O) groups is 2. The summed E-state index contributed by atoms with van der Waals surface area (Å²) >= 11 is 6.94.